The van der Waals surface area contributed by atoms with Crippen molar-refractivity contribution in [2.75, 3.05) is 31.9 Å². The van der Waals surface area contributed by atoms with Crippen LogP contribution in [0.15, 0.2) is 97.1 Å². The Labute approximate surface area is 333 Å². The molecule has 56 heavy (non-hydrogen) atoms. The van der Waals surface area contributed by atoms with E-state index in [1.807, 2.05) is 0 Å². The second-order valence-corrected chi connectivity index (χ2v) is 16.6. The lowest BCUT2D eigenvalue weighted by Gasteiger charge is -2.63. The first-order chi connectivity index (χ1) is 27.0. The smallest absolute Gasteiger partial charge is 0.238 e. The molecule has 3 heterocycles. The first kappa shape index (κ1) is 38.9. The first-order valence-corrected chi connectivity index (χ1v) is 19.6. The highest BCUT2D eigenvalue weighted by atomic mass is 35.5. The molecular weight excluding hydrogens is 766 g/mol. The summed E-state index contributed by atoms with van der Waals surface area (Å²) in [5.74, 6) is -3.41. The Kier molecular flexibility index (Phi) is 10.5. The molecule has 4 N–H and O–H groups in total. The maximum Gasteiger partial charge on any atom is 0.238 e. The number of alkyl halides is 2. The average Bonchev–Trinajstić information content (AvgIpc) is 3.64. The van der Waals surface area contributed by atoms with Crippen molar-refractivity contribution in [3.8, 4) is 0 Å². The van der Waals surface area contributed by atoms with Gasteiger partial charge in [0.05, 0.1) is 61.9 Å². The number of carbonyl (C=O) groups excluding carboxylic acids is 2. The van der Waals surface area contributed by atoms with Crippen LogP contribution >= 0.6 is 23.2 Å². The number of nitrogens with zero attached hydrogens (tertiary/aromatic N) is 1. The fourth-order valence-corrected chi connectivity index (χ4v) is 10.7. The lowest BCUT2D eigenvalue weighted by atomic mass is 9.45. The Bertz CT molecular complexity index is 2100. The molecule has 1 aliphatic carbocycles. The van der Waals surface area contributed by atoms with Crippen molar-refractivity contribution in [3.63, 3.8) is 0 Å². The minimum absolute atomic E-state index is 0.0447. The molecule has 294 valence electrons. The van der Waals surface area contributed by atoms with Crippen LogP contribution in [0.1, 0.15) is 66.0 Å². The van der Waals surface area contributed by atoms with E-state index in [1.165, 1.54) is 12.1 Å². The molecular formula is C43H42Cl2F3N3O5. The summed E-state index contributed by atoms with van der Waals surface area (Å²) in [6.45, 7) is -2.21. The van der Waals surface area contributed by atoms with Crippen LogP contribution in [0.4, 0.5) is 18.9 Å². The topological polar surface area (TPSA) is 111 Å². The van der Waals surface area contributed by atoms with E-state index in [4.69, 9.17) is 27.9 Å². The number of likely N-dealkylation sites (tertiary alicyclic amines) is 1. The van der Waals surface area contributed by atoms with Gasteiger partial charge in [-0.15, -0.1) is 0 Å². The number of aliphatic hydroxyl groups is 2. The largest absolute Gasteiger partial charge is 0.394 e. The summed E-state index contributed by atoms with van der Waals surface area (Å²) in [4.78, 5) is 32.6. The highest BCUT2D eigenvalue weighted by molar-refractivity contribution is 6.31. The van der Waals surface area contributed by atoms with E-state index >= 15 is 22.8 Å². The molecule has 4 aromatic rings. The summed E-state index contributed by atoms with van der Waals surface area (Å²) in [5, 5.41) is 28.5. The zero-order chi connectivity index (χ0) is 39.4. The molecule has 0 aromatic heterocycles. The van der Waals surface area contributed by atoms with Gasteiger partial charge in [0.2, 0.25) is 11.8 Å². The molecule has 3 fully saturated rings. The van der Waals surface area contributed by atoms with Crippen molar-refractivity contribution in [1.29, 1.82) is 0 Å². The molecule has 8 rings (SSSR count). The lowest BCUT2D eigenvalue weighted by Crippen LogP contribution is -2.72. The number of amides is 2. The number of rotatable bonds is 10. The van der Waals surface area contributed by atoms with E-state index in [9.17, 15) is 10.2 Å². The molecule has 3 unspecified atom stereocenters. The highest BCUT2D eigenvalue weighted by Gasteiger charge is 2.82. The molecule has 7 atom stereocenters. The molecule has 4 aliphatic rings. The molecule has 0 bridgehead atoms. The standard InChI is InChI=1S/C43H42Cl2F3N3O5/c44-27-14-17-31-33(18-27)50-40(55)43(31)34(30-12-7-13-32(45)35(30)48)37(39(54)49-28-15-16-29(19-52)56-20-28)51(42(43)21-41(22-42,23-46)24-47)36(25-8-3-1-4-9-25)38(53)26-10-5-2-6-11-26/h1-14,17-18,28-29,34,36-38,52-53H,15-16,19-24H2,(H,49,54)(H,50,55)/t28-,29+,34?,36-,37?,38+,43?/m1/s1. The van der Waals surface area contributed by atoms with Crippen LogP contribution in [0.3, 0.4) is 0 Å². The third-order valence-corrected chi connectivity index (χ3v) is 13.1. The number of hydrogen-bond acceptors (Lipinski definition) is 6. The van der Waals surface area contributed by atoms with Gasteiger partial charge < -0.3 is 25.6 Å². The van der Waals surface area contributed by atoms with E-state index in [2.05, 4.69) is 10.6 Å². The fraction of sp³-hybridized carbons (Fsp3) is 0.395. The third-order valence-electron chi connectivity index (χ3n) is 12.6. The summed E-state index contributed by atoms with van der Waals surface area (Å²) < 4.78 is 53.3. The fourth-order valence-electron chi connectivity index (χ4n) is 10.3. The number of benzene rings is 4. The highest BCUT2D eigenvalue weighted by Crippen LogP contribution is 2.74. The summed E-state index contributed by atoms with van der Waals surface area (Å²) in [5.41, 5.74) is -3.31. The van der Waals surface area contributed by atoms with Crippen molar-refractivity contribution in [2.24, 2.45) is 5.41 Å². The Morgan fingerprint density at radius 3 is 2.25 bits per heavy atom. The third kappa shape index (κ3) is 5.96. The van der Waals surface area contributed by atoms with Crippen LogP contribution in [-0.4, -0.2) is 77.2 Å². The monoisotopic (exact) mass is 807 g/mol. The summed E-state index contributed by atoms with van der Waals surface area (Å²) >= 11 is 13.0. The molecule has 0 radical (unpaired) electrons. The zero-order valence-electron chi connectivity index (χ0n) is 30.3. The van der Waals surface area contributed by atoms with Gasteiger partial charge in [-0.3, -0.25) is 23.3 Å². The minimum Gasteiger partial charge on any atom is -0.394 e. The number of halogens is 5. The Hall–Kier alpha value is -3.97. The quantitative estimate of drug-likeness (QED) is 0.133. The molecule has 4 aromatic carbocycles. The molecule has 8 nitrogen and oxygen atoms in total. The van der Waals surface area contributed by atoms with Crippen molar-refractivity contribution in [1.82, 2.24) is 10.2 Å². The van der Waals surface area contributed by atoms with E-state index in [-0.39, 0.29) is 36.6 Å². The van der Waals surface area contributed by atoms with Crippen LogP contribution < -0.4 is 10.6 Å². The van der Waals surface area contributed by atoms with Gasteiger partial charge in [0.15, 0.2) is 0 Å². The van der Waals surface area contributed by atoms with Gasteiger partial charge in [0, 0.05) is 27.6 Å². The maximum absolute atomic E-state index is 16.9. The molecule has 1 saturated carbocycles. The number of nitrogens with one attached hydrogen (secondary N) is 2. The average molecular weight is 809 g/mol. The second-order valence-electron chi connectivity index (χ2n) is 15.7. The second kappa shape index (κ2) is 15.1. The molecule has 13 heteroatoms. The maximum atomic E-state index is 16.9. The minimum atomic E-state index is -1.87. The Balaban J connectivity index is 1.45. The van der Waals surface area contributed by atoms with Gasteiger partial charge in [-0.25, -0.2) is 4.39 Å². The number of ether oxygens (including phenoxy) is 1. The van der Waals surface area contributed by atoms with Crippen molar-refractivity contribution < 1.29 is 37.7 Å². The normalized spacial score (nSPS) is 27.4. The number of carbonyl (C=O) groups is 2. The molecule has 3 aliphatic heterocycles. The predicted octanol–water partition coefficient (Wildman–Crippen LogP) is 7.38. The van der Waals surface area contributed by atoms with E-state index in [0.717, 1.165) is 0 Å². The summed E-state index contributed by atoms with van der Waals surface area (Å²) in [6, 6.07) is 23.9. The Morgan fingerprint density at radius 2 is 1.62 bits per heavy atom. The molecule has 2 saturated heterocycles. The SMILES string of the molecule is O=C(N[C@@H]1CC[C@@H](CO)OC1)C1C(c2cccc(Cl)c2F)C2(C(=O)Nc3cc(Cl)ccc32)C2(CC(CF)(CF)C2)N1[C@H](c1ccccc1)[C@@H](O)c1ccccc1. The van der Waals surface area contributed by atoms with Gasteiger partial charge in [-0.1, -0.05) is 102 Å². The summed E-state index contributed by atoms with van der Waals surface area (Å²) in [6.07, 6.45) is -1.33. The van der Waals surface area contributed by atoms with Crippen LogP contribution in [0.2, 0.25) is 10.0 Å². The molecule has 2 spiro atoms. The van der Waals surface area contributed by atoms with Crippen molar-refractivity contribution in [2.45, 2.75) is 72.9 Å². The van der Waals surface area contributed by atoms with Gasteiger partial charge in [0.1, 0.15) is 11.2 Å². The van der Waals surface area contributed by atoms with E-state index in [0.29, 0.717) is 40.2 Å². The lowest BCUT2D eigenvalue weighted by molar-refractivity contribution is -0.166. The van der Waals surface area contributed by atoms with E-state index < -0.39 is 83.6 Å². The van der Waals surface area contributed by atoms with Crippen LogP contribution in [-0.2, 0) is 19.7 Å². The first-order valence-electron chi connectivity index (χ1n) is 18.8. The van der Waals surface area contributed by atoms with E-state index in [1.54, 1.807) is 89.8 Å². The molecule has 2 amide bonds. The summed E-state index contributed by atoms with van der Waals surface area (Å²) in [7, 11) is 0. The van der Waals surface area contributed by atoms with Gasteiger partial charge in [0.25, 0.3) is 0 Å². The van der Waals surface area contributed by atoms with Crippen molar-refractivity contribution in [3.05, 3.63) is 135 Å². The van der Waals surface area contributed by atoms with Crippen molar-refractivity contribution >= 4 is 40.7 Å². The Morgan fingerprint density at radius 1 is 0.946 bits per heavy atom. The van der Waals surface area contributed by atoms with Gasteiger partial charge in [-0.05, 0) is 66.1 Å². The number of anilines is 1. The van der Waals surface area contributed by atoms with Crippen LogP contribution in [0.25, 0.3) is 0 Å². The van der Waals surface area contributed by atoms with Gasteiger partial charge >= 0.3 is 0 Å². The number of hydrogen-bond donors (Lipinski definition) is 4. The number of fused-ring (bicyclic) bond motifs is 3. The van der Waals surface area contributed by atoms with Gasteiger partial charge in [-0.2, -0.15) is 0 Å². The van der Waals surface area contributed by atoms with Crippen LogP contribution in [0, 0.1) is 11.2 Å². The number of aliphatic hydroxyl groups excluding tert-OH is 2. The zero-order valence-corrected chi connectivity index (χ0v) is 31.8. The van der Waals surface area contributed by atoms with Crippen LogP contribution in [0.5, 0.6) is 0 Å². The predicted molar refractivity (Wildman–Crippen MR) is 206 cm³/mol.